The molecular formula is C31H34ClN5O5. The molecule has 3 atom stereocenters. The van der Waals surface area contributed by atoms with Crippen LogP contribution >= 0.6 is 11.6 Å². The Bertz CT molecular complexity index is 1620. The number of nitrogens with two attached hydrogens (primary N) is 1. The second kappa shape index (κ2) is 11.7. The fraction of sp³-hybridized carbons (Fsp3) is 0.323. The number of hydrogen-bond acceptors (Lipinski definition) is 8. The van der Waals surface area contributed by atoms with Crippen LogP contribution < -0.4 is 16.0 Å². The van der Waals surface area contributed by atoms with Crippen molar-refractivity contribution in [3.05, 3.63) is 88.7 Å². The van der Waals surface area contributed by atoms with Crippen LogP contribution in [0.5, 0.6) is 5.75 Å². The molecule has 5 rings (SSSR count). The number of amides is 1. The normalized spacial score (nSPS) is 20.0. The third-order valence-electron chi connectivity index (χ3n) is 7.21. The molecule has 1 fully saturated rings. The minimum absolute atomic E-state index is 0.0898. The van der Waals surface area contributed by atoms with Crippen molar-refractivity contribution in [2.45, 2.75) is 58.0 Å². The number of nitrogens with one attached hydrogen (secondary N) is 1. The lowest BCUT2D eigenvalue weighted by molar-refractivity contribution is -0.159. The van der Waals surface area contributed by atoms with Gasteiger partial charge in [-0.05, 0) is 63.9 Å². The van der Waals surface area contributed by atoms with E-state index in [9.17, 15) is 14.7 Å². The molecule has 4 aromatic rings. The summed E-state index contributed by atoms with van der Waals surface area (Å²) in [4.78, 5) is 37.9. The molecule has 0 unspecified atom stereocenters. The van der Waals surface area contributed by atoms with Crippen molar-refractivity contribution in [3.63, 3.8) is 0 Å². The molecule has 3 heterocycles. The molecule has 1 aliphatic heterocycles. The minimum atomic E-state index is -1.75. The van der Waals surface area contributed by atoms with Gasteiger partial charge in [-0.3, -0.25) is 10.5 Å². The van der Waals surface area contributed by atoms with Crippen molar-refractivity contribution in [2.75, 3.05) is 6.54 Å². The maximum atomic E-state index is 13.9. The topological polar surface area (TPSA) is 131 Å². The van der Waals surface area contributed by atoms with Gasteiger partial charge in [-0.15, -0.1) is 0 Å². The van der Waals surface area contributed by atoms with Crippen molar-refractivity contribution < 1.29 is 24.3 Å². The molecule has 1 aliphatic rings. The summed E-state index contributed by atoms with van der Waals surface area (Å²) in [6.07, 6.45) is 3.46. The number of aliphatic hydroxyl groups excluding tert-OH is 1. The summed E-state index contributed by atoms with van der Waals surface area (Å²) in [6.45, 7) is 7.10. The highest BCUT2D eigenvalue weighted by atomic mass is 35.5. The number of imidazole rings is 1. The number of hydrogen-bond donors (Lipinski definition) is 3. The standard InChI is InChI=1S/C31H34ClN5O5/c1-18(2)41-27-12-11-22(15-25(27)32)29(39)37-23(16-34-42-30(40)31(37,4)33)14-20-7-9-21(10-8-20)26-17-36-13-5-6-24(19(3)38)28(36)35-26/h5-13,15,17-19,23,34,38H,14,16,33H2,1-4H3/t19-,23-,31-/m0/s1. The van der Waals surface area contributed by atoms with Crippen LogP contribution in [0.4, 0.5) is 0 Å². The largest absolute Gasteiger partial charge is 0.489 e. The molecule has 0 bridgehead atoms. The summed E-state index contributed by atoms with van der Waals surface area (Å²) in [5.41, 5.74) is 11.7. The number of aliphatic hydroxyl groups is 1. The highest BCUT2D eigenvalue weighted by Gasteiger charge is 2.46. The molecule has 2 aromatic heterocycles. The van der Waals surface area contributed by atoms with E-state index in [0.717, 1.165) is 22.4 Å². The van der Waals surface area contributed by atoms with Gasteiger partial charge in [0.25, 0.3) is 5.91 Å². The minimum Gasteiger partial charge on any atom is -0.489 e. The summed E-state index contributed by atoms with van der Waals surface area (Å²) < 4.78 is 7.58. The lowest BCUT2D eigenvalue weighted by atomic mass is 9.98. The van der Waals surface area contributed by atoms with Gasteiger partial charge in [0.05, 0.1) is 35.5 Å². The van der Waals surface area contributed by atoms with Crippen LogP contribution in [0, 0.1) is 0 Å². The monoisotopic (exact) mass is 591 g/mol. The van der Waals surface area contributed by atoms with Gasteiger partial charge in [-0.25, -0.2) is 9.78 Å². The Kier molecular flexibility index (Phi) is 8.25. The van der Waals surface area contributed by atoms with Gasteiger partial charge in [-0.2, -0.15) is 5.48 Å². The lowest BCUT2D eigenvalue weighted by Crippen LogP contribution is -2.64. The first-order valence-corrected chi connectivity index (χ1v) is 14.1. The average molecular weight is 592 g/mol. The maximum Gasteiger partial charge on any atom is 0.365 e. The van der Waals surface area contributed by atoms with E-state index in [1.54, 1.807) is 19.1 Å². The van der Waals surface area contributed by atoms with Crippen LogP contribution in [0.1, 0.15) is 55.3 Å². The summed E-state index contributed by atoms with van der Waals surface area (Å²) in [5, 5.41) is 10.4. The number of hydroxylamine groups is 1. The van der Waals surface area contributed by atoms with Crippen molar-refractivity contribution >= 4 is 29.1 Å². The van der Waals surface area contributed by atoms with E-state index in [2.05, 4.69) is 5.48 Å². The Morgan fingerprint density at radius 3 is 2.64 bits per heavy atom. The van der Waals surface area contributed by atoms with Crippen LogP contribution in [-0.4, -0.2) is 55.6 Å². The Morgan fingerprint density at radius 1 is 1.24 bits per heavy atom. The molecule has 10 nitrogen and oxygen atoms in total. The molecule has 42 heavy (non-hydrogen) atoms. The Labute approximate surface area is 249 Å². The number of ether oxygens (including phenoxy) is 1. The highest BCUT2D eigenvalue weighted by Crippen LogP contribution is 2.30. The number of rotatable bonds is 7. The molecule has 2 aromatic carbocycles. The zero-order valence-corrected chi connectivity index (χ0v) is 24.6. The molecule has 220 valence electrons. The number of pyridine rings is 1. The third-order valence-corrected chi connectivity index (χ3v) is 7.50. The van der Waals surface area contributed by atoms with Crippen LogP contribution in [0.2, 0.25) is 5.02 Å². The average Bonchev–Trinajstić information content (AvgIpc) is 3.34. The van der Waals surface area contributed by atoms with Crippen LogP contribution in [0.25, 0.3) is 16.9 Å². The molecule has 0 saturated carbocycles. The molecule has 0 aliphatic carbocycles. The number of benzene rings is 2. The van der Waals surface area contributed by atoms with Crippen LogP contribution in [0.3, 0.4) is 0 Å². The fourth-order valence-electron chi connectivity index (χ4n) is 5.12. The van der Waals surface area contributed by atoms with Crippen LogP contribution in [0.15, 0.2) is 67.0 Å². The van der Waals surface area contributed by atoms with Crippen molar-refractivity contribution in [3.8, 4) is 17.0 Å². The molecule has 1 saturated heterocycles. The molecule has 0 spiro atoms. The summed E-state index contributed by atoms with van der Waals surface area (Å²) in [5.74, 6) is -0.776. The quantitative estimate of drug-likeness (QED) is 0.290. The van der Waals surface area contributed by atoms with Crippen molar-refractivity contribution in [1.82, 2.24) is 19.8 Å². The predicted octanol–water partition coefficient (Wildman–Crippen LogP) is 4.29. The van der Waals surface area contributed by atoms with E-state index in [-0.39, 0.29) is 23.2 Å². The number of carbonyl (C=O) groups excluding carboxylic acids is 2. The Hall–Kier alpha value is -3.96. The zero-order valence-electron chi connectivity index (χ0n) is 23.9. The number of nitrogens with zero attached hydrogens (tertiary/aromatic N) is 3. The Morgan fingerprint density at radius 2 is 1.98 bits per heavy atom. The molecule has 4 N–H and O–H groups in total. The number of halogens is 1. The van der Waals surface area contributed by atoms with Crippen molar-refractivity contribution in [2.24, 2.45) is 5.73 Å². The molecular weight excluding hydrogens is 558 g/mol. The first-order valence-electron chi connectivity index (χ1n) is 13.7. The zero-order chi connectivity index (χ0) is 30.2. The second-order valence-corrected chi connectivity index (χ2v) is 11.3. The second-order valence-electron chi connectivity index (χ2n) is 10.9. The van der Waals surface area contributed by atoms with Gasteiger partial charge in [0, 0.05) is 29.1 Å². The molecule has 11 heteroatoms. The first-order chi connectivity index (χ1) is 20.0. The Balaban J connectivity index is 1.42. The predicted molar refractivity (Wildman–Crippen MR) is 159 cm³/mol. The SMILES string of the molecule is CC(C)Oc1ccc(C(=O)N2[C@@H](Cc3ccc(-c4cn5cccc([C@H](C)O)c5n4)cc3)CNOC(=O)[C@@]2(C)N)cc1Cl. The van der Waals surface area contributed by atoms with Crippen LogP contribution in [-0.2, 0) is 16.1 Å². The van der Waals surface area contributed by atoms with Gasteiger partial charge in [0.1, 0.15) is 11.4 Å². The lowest BCUT2D eigenvalue weighted by Gasteiger charge is -2.39. The summed E-state index contributed by atoms with van der Waals surface area (Å²) in [6, 6.07) is 15.8. The fourth-order valence-corrected chi connectivity index (χ4v) is 5.35. The maximum absolute atomic E-state index is 13.9. The smallest absolute Gasteiger partial charge is 0.365 e. The van der Waals surface area contributed by atoms with E-state index >= 15 is 0 Å². The van der Waals surface area contributed by atoms with Gasteiger partial charge in [0.2, 0.25) is 0 Å². The molecule has 1 amide bonds. The number of fused-ring (bicyclic) bond motifs is 1. The number of aromatic nitrogens is 2. The van der Waals surface area contributed by atoms with E-state index in [1.807, 2.05) is 67.0 Å². The van der Waals surface area contributed by atoms with E-state index < -0.39 is 29.7 Å². The third kappa shape index (κ3) is 5.84. The highest BCUT2D eigenvalue weighted by molar-refractivity contribution is 6.32. The van der Waals surface area contributed by atoms with Gasteiger partial charge in [0.15, 0.2) is 5.66 Å². The summed E-state index contributed by atoms with van der Waals surface area (Å²) in [7, 11) is 0. The molecule has 0 radical (unpaired) electrons. The van der Waals surface area contributed by atoms with E-state index in [4.69, 9.17) is 31.9 Å². The summed E-state index contributed by atoms with van der Waals surface area (Å²) >= 11 is 6.42. The van der Waals surface area contributed by atoms with Gasteiger partial charge >= 0.3 is 5.97 Å². The van der Waals surface area contributed by atoms with Gasteiger partial charge < -0.3 is 24.0 Å². The van der Waals surface area contributed by atoms with E-state index in [0.29, 0.717) is 17.8 Å². The number of carbonyl (C=O) groups is 2. The first kappa shape index (κ1) is 29.5. The van der Waals surface area contributed by atoms with E-state index in [1.165, 1.54) is 17.9 Å². The van der Waals surface area contributed by atoms with Crippen molar-refractivity contribution in [1.29, 1.82) is 0 Å². The van der Waals surface area contributed by atoms with Gasteiger partial charge in [-0.1, -0.05) is 41.9 Å².